The summed E-state index contributed by atoms with van der Waals surface area (Å²) in [7, 11) is 0. The Morgan fingerprint density at radius 3 is 2.42 bits per heavy atom. The number of amides is 1. The number of hydrogen-bond acceptors (Lipinski definition) is 6. The number of rotatable bonds is 8. The van der Waals surface area contributed by atoms with E-state index >= 15 is 0 Å². The molecule has 1 aliphatic heterocycles. The molecule has 36 heavy (non-hydrogen) atoms. The number of carbonyl (C=O) groups excluding carboxylic acids is 1. The van der Waals surface area contributed by atoms with Gasteiger partial charge in [-0.2, -0.15) is 0 Å². The molecule has 0 spiro atoms. The van der Waals surface area contributed by atoms with Crippen molar-refractivity contribution in [2.75, 3.05) is 13.2 Å². The Hall–Kier alpha value is -4.26. The quantitative estimate of drug-likeness (QED) is 0.375. The van der Waals surface area contributed by atoms with E-state index in [9.17, 15) is 4.79 Å². The zero-order chi connectivity index (χ0) is 24.9. The fraction of sp³-hybridized carbons (Fsp3) is 0.241. The maximum absolute atomic E-state index is 13.1. The van der Waals surface area contributed by atoms with Gasteiger partial charge in [0, 0.05) is 0 Å². The first-order valence-corrected chi connectivity index (χ1v) is 11.9. The number of nitrogens with zero attached hydrogens (tertiary/aromatic N) is 1. The van der Waals surface area contributed by atoms with Gasteiger partial charge in [0.2, 0.25) is 5.91 Å². The van der Waals surface area contributed by atoms with Crippen molar-refractivity contribution in [3.05, 3.63) is 107 Å². The number of carbonyl (C=O) groups is 1. The maximum Gasteiger partial charge on any atom is 0.225 e. The Morgan fingerprint density at radius 2 is 1.69 bits per heavy atom. The molecule has 0 bridgehead atoms. The molecule has 1 amide bonds. The van der Waals surface area contributed by atoms with Gasteiger partial charge in [-0.3, -0.25) is 4.79 Å². The van der Waals surface area contributed by atoms with Gasteiger partial charge in [0.05, 0.1) is 23.7 Å². The van der Waals surface area contributed by atoms with Crippen LogP contribution >= 0.6 is 0 Å². The van der Waals surface area contributed by atoms with Gasteiger partial charge in [-0.1, -0.05) is 53.7 Å². The molecule has 1 unspecified atom stereocenters. The van der Waals surface area contributed by atoms with E-state index in [0.717, 1.165) is 45.2 Å². The molecule has 2 heterocycles. The first-order valence-electron chi connectivity index (χ1n) is 11.9. The lowest BCUT2D eigenvalue weighted by molar-refractivity contribution is -0.120. The highest BCUT2D eigenvalue weighted by atomic mass is 16.6. The molecule has 5 rings (SSSR count). The summed E-state index contributed by atoms with van der Waals surface area (Å²) in [5, 5.41) is 7.14. The van der Waals surface area contributed by atoms with Gasteiger partial charge in [-0.25, -0.2) is 0 Å². The molecule has 4 aromatic rings. The van der Waals surface area contributed by atoms with Crippen LogP contribution in [0.2, 0.25) is 0 Å². The smallest absolute Gasteiger partial charge is 0.225 e. The molecule has 7 nitrogen and oxygen atoms in total. The molecule has 1 aromatic heterocycles. The molecule has 0 fully saturated rings. The van der Waals surface area contributed by atoms with Crippen LogP contribution < -0.4 is 19.5 Å². The Labute approximate surface area is 210 Å². The molecule has 0 saturated carbocycles. The van der Waals surface area contributed by atoms with Crippen molar-refractivity contribution in [1.29, 1.82) is 0 Å². The van der Waals surface area contributed by atoms with Crippen molar-refractivity contribution in [2.45, 2.75) is 32.9 Å². The second-order valence-electron chi connectivity index (χ2n) is 8.73. The Morgan fingerprint density at radius 1 is 0.944 bits per heavy atom. The monoisotopic (exact) mass is 484 g/mol. The average molecular weight is 485 g/mol. The van der Waals surface area contributed by atoms with Crippen molar-refractivity contribution in [3.8, 4) is 17.2 Å². The van der Waals surface area contributed by atoms with Gasteiger partial charge in [0.15, 0.2) is 11.5 Å². The predicted molar refractivity (Wildman–Crippen MR) is 134 cm³/mol. The van der Waals surface area contributed by atoms with Crippen LogP contribution in [0.25, 0.3) is 0 Å². The summed E-state index contributed by atoms with van der Waals surface area (Å²) >= 11 is 0. The summed E-state index contributed by atoms with van der Waals surface area (Å²) in [6.07, 6.45) is 0.248. The minimum Gasteiger partial charge on any atom is -0.489 e. The van der Waals surface area contributed by atoms with Gasteiger partial charge in [-0.15, -0.1) is 0 Å². The van der Waals surface area contributed by atoms with Crippen LogP contribution in [0.3, 0.4) is 0 Å². The highest BCUT2D eigenvalue weighted by Gasteiger charge is 2.20. The van der Waals surface area contributed by atoms with Gasteiger partial charge >= 0.3 is 0 Å². The van der Waals surface area contributed by atoms with E-state index < -0.39 is 0 Å². The van der Waals surface area contributed by atoms with Gasteiger partial charge in [0.25, 0.3) is 0 Å². The summed E-state index contributed by atoms with van der Waals surface area (Å²) < 4.78 is 22.5. The first kappa shape index (κ1) is 23.5. The van der Waals surface area contributed by atoms with Crippen LogP contribution in [0.1, 0.15) is 39.7 Å². The largest absolute Gasteiger partial charge is 0.489 e. The third kappa shape index (κ3) is 5.35. The summed E-state index contributed by atoms with van der Waals surface area (Å²) in [6, 6.07) is 23.0. The molecular weight excluding hydrogens is 456 g/mol. The molecule has 0 radical (unpaired) electrons. The lowest BCUT2D eigenvalue weighted by Gasteiger charge is -2.23. The second-order valence-corrected chi connectivity index (χ2v) is 8.73. The fourth-order valence-corrected chi connectivity index (χ4v) is 4.21. The predicted octanol–water partition coefficient (Wildman–Crippen LogP) is 5.09. The van der Waals surface area contributed by atoms with Gasteiger partial charge in [-0.05, 0) is 54.8 Å². The van der Waals surface area contributed by atoms with Crippen LogP contribution in [0.4, 0.5) is 0 Å². The van der Waals surface area contributed by atoms with Crippen molar-refractivity contribution in [1.82, 2.24) is 10.5 Å². The number of nitrogens with one attached hydrogen (secondary N) is 1. The van der Waals surface area contributed by atoms with Gasteiger partial charge in [0.1, 0.15) is 31.3 Å². The molecule has 7 heteroatoms. The molecule has 184 valence electrons. The normalized spacial score (nSPS) is 13.2. The van der Waals surface area contributed by atoms with Crippen LogP contribution in [0.15, 0.2) is 77.3 Å². The number of hydrogen-bond donors (Lipinski definition) is 1. The Kier molecular flexibility index (Phi) is 6.89. The van der Waals surface area contributed by atoms with E-state index in [-0.39, 0.29) is 18.4 Å². The third-order valence-corrected chi connectivity index (χ3v) is 6.19. The van der Waals surface area contributed by atoms with Crippen molar-refractivity contribution in [3.63, 3.8) is 0 Å². The number of benzene rings is 3. The fourth-order valence-electron chi connectivity index (χ4n) is 4.21. The summed E-state index contributed by atoms with van der Waals surface area (Å²) in [6.45, 7) is 5.19. The zero-order valence-corrected chi connectivity index (χ0v) is 20.3. The standard InChI is InChI=1S/C29H28N2O5/c1-19-25(20(2)36-31-19)18-35-24-11-8-21(9-12-24)16-28(32)30-29(22-6-4-3-5-7-22)23-10-13-26-27(17-23)34-15-14-33-26/h3-13,17,29H,14-16,18H2,1-2H3,(H,30,32). The lowest BCUT2D eigenvalue weighted by atomic mass is 9.97. The minimum atomic E-state index is -0.313. The SMILES string of the molecule is Cc1noc(C)c1COc1ccc(CC(=O)NC(c2ccccc2)c2ccc3c(c2)OCCO3)cc1. The Bertz CT molecular complexity index is 1310. The van der Waals surface area contributed by atoms with Crippen LogP contribution in [0.5, 0.6) is 17.2 Å². The Balaban J connectivity index is 1.26. The molecule has 0 aliphatic carbocycles. The summed E-state index contributed by atoms with van der Waals surface area (Å²) in [5.41, 5.74) is 4.59. The number of aryl methyl sites for hydroxylation is 2. The van der Waals surface area contributed by atoms with Crippen LogP contribution in [0, 0.1) is 13.8 Å². The van der Waals surface area contributed by atoms with Crippen molar-refractivity contribution < 1.29 is 23.5 Å². The molecule has 1 N–H and O–H groups in total. The number of ether oxygens (including phenoxy) is 3. The van der Waals surface area contributed by atoms with E-state index in [0.29, 0.717) is 25.6 Å². The highest BCUT2D eigenvalue weighted by molar-refractivity contribution is 5.79. The van der Waals surface area contributed by atoms with Crippen molar-refractivity contribution >= 4 is 5.91 Å². The maximum atomic E-state index is 13.1. The minimum absolute atomic E-state index is 0.0804. The third-order valence-electron chi connectivity index (χ3n) is 6.19. The van der Waals surface area contributed by atoms with E-state index in [1.165, 1.54) is 0 Å². The molecule has 1 aliphatic rings. The summed E-state index contributed by atoms with van der Waals surface area (Å²) in [5.74, 6) is 2.81. The van der Waals surface area contributed by atoms with E-state index in [2.05, 4.69) is 10.5 Å². The van der Waals surface area contributed by atoms with Crippen LogP contribution in [-0.2, 0) is 17.8 Å². The molecular formula is C29H28N2O5. The molecule has 1 atom stereocenters. The van der Waals surface area contributed by atoms with E-state index in [4.69, 9.17) is 18.7 Å². The number of fused-ring (bicyclic) bond motifs is 1. The highest BCUT2D eigenvalue weighted by Crippen LogP contribution is 2.34. The molecule has 3 aromatic carbocycles. The summed E-state index contributed by atoms with van der Waals surface area (Å²) in [4.78, 5) is 13.1. The second kappa shape index (κ2) is 10.6. The average Bonchev–Trinajstić information content (AvgIpc) is 3.23. The van der Waals surface area contributed by atoms with Crippen LogP contribution in [-0.4, -0.2) is 24.3 Å². The van der Waals surface area contributed by atoms with Crippen molar-refractivity contribution in [2.24, 2.45) is 0 Å². The van der Waals surface area contributed by atoms with E-state index in [1.54, 1.807) is 0 Å². The van der Waals surface area contributed by atoms with E-state index in [1.807, 2.05) is 86.6 Å². The first-order chi connectivity index (χ1) is 17.6. The number of aromatic nitrogens is 1. The van der Waals surface area contributed by atoms with Gasteiger partial charge < -0.3 is 24.1 Å². The lowest BCUT2D eigenvalue weighted by Crippen LogP contribution is -2.30. The topological polar surface area (TPSA) is 82.8 Å². The zero-order valence-electron chi connectivity index (χ0n) is 20.3. The molecule has 0 saturated heterocycles.